The van der Waals surface area contributed by atoms with E-state index in [0.717, 1.165) is 62.8 Å². The molecule has 6 aromatic carbocycles. The normalized spacial score (nSPS) is 13.6. The van der Waals surface area contributed by atoms with Crippen LogP contribution in [0.2, 0.25) is 0 Å². The van der Waals surface area contributed by atoms with Crippen LogP contribution >= 0.6 is 0 Å². The number of hydrogen-bond donors (Lipinski definition) is 0. The van der Waals surface area contributed by atoms with Gasteiger partial charge in [-0.1, -0.05) is 124 Å². The minimum Gasteiger partial charge on any atom is -0.309 e. The van der Waals surface area contributed by atoms with Gasteiger partial charge in [0, 0.05) is 27.5 Å². The van der Waals surface area contributed by atoms with Crippen LogP contribution in [0.4, 0.5) is 0 Å². The molecule has 5 heteroatoms. The SMILES string of the molecule is CC.CC/C=c1\c2n(c3ccccc13)-c1ccccc1C(c1nc3ccccc3n1-c1ccccc1)(c1nc3ccccc3n1-c1ccccc1)C=2C. The minimum absolute atomic E-state index is 0.909. The molecule has 3 aromatic heterocycles. The Kier molecular flexibility index (Phi) is 7.93. The Morgan fingerprint density at radius 1 is 0.528 bits per heavy atom. The first kappa shape index (κ1) is 32.4. The van der Waals surface area contributed by atoms with Crippen molar-refractivity contribution < 1.29 is 0 Å². The van der Waals surface area contributed by atoms with Crippen molar-refractivity contribution in [3.05, 3.63) is 186 Å². The zero-order valence-electron chi connectivity index (χ0n) is 30.5. The summed E-state index contributed by atoms with van der Waals surface area (Å²) in [7, 11) is 0. The highest BCUT2D eigenvalue weighted by Crippen LogP contribution is 2.51. The molecule has 1 aliphatic heterocycles. The van der Waals surface area contributed by atoms with E-state index in [9.17, 15) is 0 Å². The van der Waals surface area contributed by atoms with E-state index in [2.05, 4.69) is 191 Å². The van der Waals surface area contributed by atoms with Gasteiger partial charge in [-0.2, -0.15) is 0 Å². The van der Waals surface area contributed by atoms with Crippen molar-refractivity contribution in [1.29, 1.82) is 0 Å². The summed E-state index contributed by atoms with van der Waals surface area (Å²) in [5, 5.41) is 3.68. The highest BCUT2D eigenvalue weighted by Gasteiger charge is 2.51. The lowest BCUT2D eigenvalue weighted by Gasteiger charge is -2.39. The van der Waals surface area contributed by atoms with E-state index in [1.165, 1.54) is 27.0 Å². The van der Waals surface area contributed by atoms with Gasteiger partial charge in [0.15, 0.2) is 0 Å². The molecule has 0 spiro atoms. The topological polar surface area (TPSA) is 40.6 Å². The molecule has 0 saturated carbocycles. The Morgan fingerprint density at radius 2 is 1.00 bits per heavy atom. The molecule has 4 heterocycles. The molecular weight excluding hydrogens is 647 g/mol. The summed E-state index contributed by atoms with van der Waals surface area (Å²) < 4.78 is 7.21. The third-order valence-corrected chi connectivity index (χ3v) is 10.6. The molecule has 1 aliphatic rings. The number of nitrogens with zero attached hydrogens (tertiary/aromatic N) is 5. The van der Waals surface area contributed by atoms with Crippen molar-refractivity contribution in [2.24, 2.45) is 0 Å². The summed E-state index contributed by atoms with van der Waals surface area (Å²) >= 11 is 0. The van der Waals surface area contributed by atoms with Crippen molar-refractivity contribution in [2.45, 2.75) is 39.5 Å². The Labute approximate surface area is 309 Å². The Balaban J connectivity index is 0.00000183. The van der Waals surface area contributed by atoms with Crippen LogP contribution in [0.5, 0.6) is 0 Å². The standard InChI is InChI=1S/C46H35N5.C2H6/c1-3-18-35-34-23-10-14-27-39(34)51-40-28-15-11-24-36(40)46(31(2)43(35)51,44-47-37-25-12-16-29-41(37)49(44)32-19-6-4-7-20-32)45-48-38-26-13-17-30-42(38)50(45)33-21-8-5-9-22-33;1-2/h4-30H,3H2,1-2H3;1-2H3/b35-18-;. The predicted molar refractivity (Wildman–Crippen MR) is 220 cm³/mol. The van der Waals surface area contributed by atoms with E-state index in [1.807, 2.05) is 13.8 Å². The quantitative estimate of drug-likeness (QED) is 0.181. The minimum atomic E-state index is -0.930. The zero-order chi connectivity index (χ0) is 36.1. The third kappa shape index (κ3) is 4.63. The van der Waals surface area contributed by atoms with Crippen molar-refractivity contribution >= 4 is 44.6 Å². The first-order valence-corrected chi connectivity index (χ1v) is 18.7. The third-order valence-electron chi connectivity index (χ3n) is 10.6. The summed E-state index contributed by atoms with van der Waals surface area (Å²) in [5.41, 5.74) is 9.81. The molecule has 0 unspecified atom stereocenters. The fourth-order valence-electron chi connectivity index (χ4n) is 8.57. The molecule has 53 heavy (non-hydrogen) atoms. The lowest BCUT2D eigenvalue weighted by atomic mass is 9.70. The number of imidazole rings is 2. The summed E-state index contributed by atoms with van der Waals surface area (Å²) in [6.45, 7) is 8.54. The molecule has 0 bridgehead atoms. The van der Waals surface area contributed by atoms with E-state index < -0.39 is 5.41 Å². The molecule has 0 N–H and O–H groups in total. The first-order valence-electron chi connectivity index (χ1n) is 18.7. The van der Waals surface area contributed by atoms with Gasteiger partial charge in [0.25, 0.3) is 0 Å². The fraction of sp³-hybridized carbons (Fsp3) is 0.125. The van der Waals surface area contributed by atoms with Gasteiger partial charge in [0.05, 0.1) is 38.6 Å². The van der Waals surface area contributed by atoms with Crippen LogP contribution in [0.15, 0.2) is 158 Å². The van der Waals surface area contributed by atoms with Crippen LogP contribution in [-0.4, -0.2) is 23.7 Å². The van der Waals surface area contributed by atoms with Gasteiger partial charge in [-0.05, 0) is 79.6 Å². The van der Waals surface area contributed by atoms with Crippen molar-refractivity contribution in [2.75, 3.05) is 0 Å². The van der Waals surface area contributed by atoms with Crippen LogP contribution in [0, 0.1) is 0 Å². The smallest absolute Gasteiger partial charge is 0.137 e. The Morgan fingerprint density at radius 3 is 1.57 bits per heavy atom. The number of para-hydroxylation sites is 8. The summed E-state index contributed by atoms with van der Waals surface area (Å²) in [5.74, 6) is 1.82. The van der Waals surface area contributed by atoms with Crippen molar-refractivity contribution in [3.8, 4) is 17.1 Å². The average molecular weight is 688 g/mol. The monoisotopic (exact) mass is 687 g/mol. The van der Waals surface area contributed by atoms with E-state index in [0.29, 0.717) is 0 Å². The van der Waals surface area contributed by atoms with Crippen LogP contribution in [0.25, 0.3) is 61.7 Å². The number of benzene rings is 6. The van der Waals surface area contributed by atoms with Crippen LogP contribution < -0.4 is 10.6 Å². The van der Waals surface area contributed by atoms with E-state index >= 15 is 0 Å². The lowest BCUT2D eigenvalue weighted by molar-refractivity contribution is 0.629. The maximum absolute atomic E-state index is 5.69. The summed E-state index contributed by atoms with van der Waals surface area (Å²) in [6, 6.07) is 56.0. The molecule has 258 valence electrons. The van der Waals surface area contributed by atoms with E-state index in [-0.39, 0.29) is 0 Å². The van der Waals surface area contributed by atoms with Gasteiger partial charge in [-0.25, -0.2) is 9.97 Å². The van der Waals surface area contributed by atoms with Gasteiger partial charge < -0.3 is 4.57 Å². The van der Waals surface area contributed by atoms with Crippen molar-refractivity contribution in [3.63, 3.8) is 0 Å². The predicted octanol–water partition coefficient (Wildman–Crippen LogP) is 10.0. The van der Waals surface area contributed by atoms with Gasteiger partial charge >= 0.3 is 0 Å². The molecule has 0 amide bonds. The van der Waals surface area contributed by atoms with Gasteiger partial charge in [-0.15, -0.1) is 0 Å². The van der Waals surface area contributed by atoms with Gasteiger partial charge in [0.1, 0.15) is 17.1 Å². The zero-order valence-corrected chi connectivity index (χ0v) is 30.5. The molecule has 5 nitrogen and oxygen atoms in total. The summed E-state index contributed by atoms with van der Waals surface area (Å²) in [4.78, 5) is 11.4. The largest absolute Gasteiger partial charge is 0.309 e. The van der Waals surface area contributed by atoms with Crippen LogP contribution in [0.3, 0.4) is 0 Å². The molecule has 9 aromatic rings. The highest BCUT2D eigenvalue weighted by molar-refractivity contribution is 5.91. The lowest BCUT2D eigenvalue weighted by Crippen LogP contribution is -2.47. The second-order valence-corrected chi connectivity index (χ2v) is 13.3. The van der Waals surface area contributed by atoms with Crippen LogP contribution in [0.1, 0.15) is 51.3 Å². The van der Waals surface area contributed by atoms with Crippen LogP contribution in [-0.2, 0) is 5.41 Å². The molecule has 0 radical (unpaired) electrons. The summed E-state index contributed by atoms with van der Waals surface area (Å²) in [6.07, 6.45) is 3.30. The fourth-order valence-corrected chi connectivity index (χ4v) is 8.57. The number of aromatic nitrogens is 5. The second-order valence-electron chi connectivity index (χ2n) is 13.3. The second kappa shape index (κ2) is 12.9. The molecule has 10 rings (SSSR count). The Hall–Kier alpha value is -6.46. The molecule has 0 fully saturated rings. The molecule has 0 aliphatic carbocycles. The highest BCUT2D eigenvalue weighted by atomic mass is 15.2. The molecular formula is C48H41N5. The Bertz CT molecular complexity index is 2790. The first-order chi connectivity index (χ1) is 26.2. The molecule has 0 saturated heterocycles. The van der Waals surface area contributed by atoms with E-state index in [1.54, 1.807) is 0 Å². The van der Waals surface area contributed by atoms with Gasteiger partial charge in [-0.3, -0.25) is 9.13 Å². The van der Waals surface area contributed by atoms with Crippen molar-refractivity contribution in [1.82, 2.24) is 23.7 Å². The molecule has 0 atom stereocenters. The number of fused-ring (bicyclic) bond motifs is 7. The maximum atomic E-state index is 5.69. The number of hydrogen-bond acceptors (Lipinski definition) is 2. The van der Waals surface area contributed by atoms with Gasteiger partial charge in [0.2, 0.25) is 0 Å². The maximum Gasteiger partial charge on any atom is 0.137 e. The average Bonchev–Trinajstić information content (AvgIpc) is 3.91. The number of rotatable bonds is 5. The van der Waals surface area contributed by atoms with E-state index in [4.69, 9.17) is 9.97 Å².